The molecule has 1 fully saturated rings. The van der Waals surface area contributed by atoms with Crippen LogP contribution in [0.5, 0.6) is 0 Å². The highest BCUT2D eigenvalue weighted by Gasteiger charge is 2.30. The summed E-state index contributed by atoms with van der Waals surface area (Å²) in [5, 5.41) is 3.14. The highest BCUT2D eigenvalue weighted by molar-refractivity contribution is 9.10. The molecule has 1 aromatic rings. The van der Waals surface area contributed by atoms with E-state index in [1.165, 1.54) is 12.1 Å². The number of benzene rings is 1. The maximum absolute atomic E-state index is 12.6. The van der Waals surface area contributed by atoms with Crippen LogP contribution in [0, 0.1) is 0 Å². The van der Waals surface area contributed by atoms with Crippen LogP contribution in [0.1, 0.15) is 24.0 Å². The molecule has 0 spiro atoms. The van der Waals surface area contributed by atoms with E-state index in [-0.39, 0.29) is 6.10 Å². The molecule has 1 heterocycles. The van der Waals surface area contributed by atoms with Gasteiger partial charge in [0.15, 0.2) is 0 Å². The molecule has 0 aromatic heterocycles. The summed E-state index contributed by atoms with van der Waals surface area (Å²) in [6.45, 7) is 1.84. The van der Waals surface area contributed by atoms with Crippen LogP contribution in [0.4, 0.5) is 13.2 Å². The van der Waals surface area contributed by atoms with Crippen LogP contribution in [0.15, 0.2) is 22.7 Å². The molecule has 0 radical (unpaired) electrons. The van der Waals surface area contributed by atoms with E-state index in [4.69, 9.17) is 4.74 Å². The molecule has 0 aliphatic carbocycles. The number of alkyl halides is 3. The van der Waals surface area contributed by atoms with Gasteiger partial charge in [-0.1, -0.05) is 15.9 Å². The minimum atomic E-state index is -4.30. The molecular weight excluding hydrogens is 323 g/mol. The lowest BCUT2D eigenvalue weighted by Gasteiger charge is -2.13. The first-order chi connectivity index (χ1) is 8.97. The average molecular weight is 338 g/mol. The second kappa shape index (κ2) is 6.24. The summed E-state index contributed by atoms with van der Waals surface area (Å²) in [4.78, 5) is 0. The zero-order chi connectivity index (χ0) is 13.9. The van der Waals surface area contributed by atoms with E-state index in [2.05, 4.69) is 21.2 Å². The van der Waals surface area contributed by atoms with E-state index in [9.17, 15) is 13.2 Å². The molecule has 1 aliphatic heterocycles. The van der Waals surface area contributed by atoms with Gasteiger partial charge in [-0.25, -0.2) is 0 Å². The number of ether oxygens (including phenoxy) is 1. The summed E-state index contributed by atoms with van der Waals surface area (Å²) in [6, 6.07) is 3.69. The van der Waals surface area contributed by atoms with Gasteiger partial charge >= 0.3 is 6.18 Å². The van der Waals surface area contributed by atoms with Crippen LogP contribution in [0.2, 0.25) is 0 Å². The van der Waals surface area contributed by atoms with Gasteiger partial charge in [0.1, 0.15) is 0 Å². The van der Waals surface area contributed by atoms with E-state index < -0.39 is 11.7 Å². The van der Waals surface area contributed by atoms with Gasteiger partial charge < -0.3 is 10.1 Å². The first-order valence-corrected chi connectivity index (χ1v) is 6.94. The largest absolute Gasteiger partial charge is 0.416 e. The molecule has 19 heavy (non-hydrogen) atoms. The van der Waals surface area contributed by atoms with Crippen LogP contribution in [-0.4, -0.2) is 19.3 Å². The smallest absolute Gasteiger partial charge is 0.377 e. The van der Waals surface area contributed by atoms with Crippen molar-refractivity contribution in [1.82, 2.24) is 5.32 Å². The Hall–Kier alpha value is -0.590. The monoisotopic (exact) mass is 337 g/mol. The summed E-state index contributed by atoms with van der Waals surface area (Å²) in [6.07, 6.45) is -2.05. The van der Waals surface area contributed by atoms with Gasteiger partial charge in [-0.15, -0.1) is 0 Å². The highest BCUT2D eigenvalue weighted by Crippen LogP contribution is 2.31. The Balaban J connectivity index is 1.94. The predicted octanol–water partition coefficient (Wildman–Crippen LogP) is 3.74. The highest BCUT2D eigenvalue weighted by atomic mass is 79.9. The van der Waals surface area contributed by atoms with Crippen molar-refractivity contribution in [3.63, 3.8) is 0 Å². The second-order valence-corrected chi connectivity index (χ2v) is 5.42. The molecule has 1 aliphatic rings. The Morgan fingerprint density at radius 2 is 2.16 bits per heavy atom. The normalized spacial score (nSPS) is 19.9. The first kappa shape index (κ1) is 14.8. The van der Waals surface area contributed by atoms with E-state index >= 15 is 0 Å². The van der Waals surface area contributed by atoms with Crippen molar-refractivity contribution in [2.24, 2.45) is 0 Å². The molecule has 2 rings (SSSR count). The van der Waals surface area contributed by atoms with E-state index in [0.717, 1.165) is 25.5 Å². The third-order valence-corrected chi connectivity index (χ3v) is 3.86. The van der Waals surface area contributed by atoms with Crippen molar-refractivity contribution >= 4 is 15.9 Å². The lowest BCUT2D eigenvalue weighted by molar-refractivity contribution is -0.137. The molecule has 1 aromatic carbocycles. The molecule has 1 saturated heterocycles. The fraction of sp³-hybridized carbons (Fsp3) is 0.538. The molecule has 1 unspecified atom stereocenters. The summed E-state index contributed by atoms with van der Waals surface area (Å²) < 4.78 is 44.0. The zero-order valence-corrected chi connectivity index (χ0v) is 11.9. The molecule has 0 bridgehead atoms. The van der Waals surface area contributed by atoms with E-state index in [1.807, 2.05) is 0 Å². The molecule has 1 atom stereocenters. The quantitative estimate of drug-likeness (QED) is 0.903. The summed E-state index contributed by atoms with van der Waals surface area (Å²) >= 11 is 3.27. The van der Waals surface area contributed by atoms with Gasteiger partial charge in [0.25, 0.3) is 0 Å². The van der Waals surface area contributed by atoms with Crippen LogP contribution in [0.3, 0.4) is 0 Å². The Labute approximate surface area is 118 Å². The fourth-order valence-corrected chi connectivity index (χ4v) is 2.45. The molecule has 6 heteroatoms. The van der Waals surface area contributed by atoms with Crippen molar-refractivity contribution in [2.45, 2.75) is 31.7 Å². The number of hydrogen-bond donors (Lipinski definition) is 1. The minimum Gasteiger partial charge on any atom is -0.377 e. The standard InChI is InChI=1S/C13H15BrF3NO/c14-12-4-3-10(13(15,16)17)6-9(12)7-18-8-11-2-1-5-19-11/h3-4,6,11,18H,1-2,5,7-8H2. The molecule has 1 N–H and O–H groups in total. The number of halogens is 4. The van der Waals surface area contributed by atoms with Crippen LogP contribution >= 0.6 is 15.9 Å². The minimum absolute atomic E-state index is 0.185. The average Bonchev–Trinajstić information content (AvgIpc) is 2.83. The Kier molecular flexibility index (Phi) is 4.86. The zero-order valence-electron chi connectivity index (χ0n) is 10.3. The van der Waals surface area contributed by atoms with Crippen molar-refractivity contribution < 1.29 is 17.9 Å². The number of nitrogens with one attached hydrogen (secondary N) is 1. The number of hydrogen-bond acceptors (Lipinski definition) is 2. The fourth-order valence-electron chi connectivity index (χ4n) is 2.06. The van der Waals surface area contributed by atoms with Gasteiger partial charge in [0.2, 0.25) is 0 Å². The second-order valence-electron chi connectivity index (χ2n) is 4.57. The third-order valence-electron chi connectivity index (χ3n) is 3.08. The Morgan fingerprint density at radius 1 is 1.37 bits per heavy atom. The first-order valence-electron chi connectivity index (χ1n) is 6.15. The van der Waals surface area contributed by atoms with Gasteiger partial charge in [0, 0.05) is 24.2 Å². The van der Waals surface area contributed by atoms with E-state index in [0.29, 0.717) is 23.1 Å². The molecule has 0 saturated carbocycles. The topological polar surface area (TPSA) is 21.3 Å². The SMILES string of the molecule is FC(F)(F)c1ccc(Br)c(CNCC2CCCO2)c1. The van der Waals surface area contributed by atoms with Gasteiger partial charge in [-0.05, 0) is 36.6 Å². The van der Waals surface area contributed by atoms with E-state index in [1.54, 1.807) is 0 Å². The summed E-state index contributed by atoms with van der Waals surface area (Å²) in [5.41, 5.74) is -0.0163. The molecule has 2 nitrogen and oxygen atoms in total. The third kappa shape index (κ3) is 4.19. The maximum Gasteiger partial charge on any atom is 0.416 e. The van der Waals surface area contributed by atoms with Crippen molar-refractivity contribution in [1.29, 1.82) is 0 Å². The maximum atomic E-state index is 12.6. The summed E-state index contributed by atoms with van der Waals surface area (Å²) in [5.74, 6) is 0. The predicted molar refractivity (Wildman–Crippen MR) is 69.8 cm³/mol. The van der Waals surface area contributed by atoms with Crippen LogP contribution in [0.25, 0.3) is 0 Å². The molecule has 106 valence electrons. The van der Waals surface area contributed by atoms with Crippen molar-refractivity contribution in [3.8, 4) is 0 Å². The van der Waals surface area contributed by atoms with Crippen LogP contribution in [-0.2, 0) is 17.5 Å². The lowest BCUT2D eigenvalue weighted by Crippen LogP contribution is -2.26. The van der Waals surface area contributed by atoms with Gasteiger partial charge in [0.05, 0.1) is 11.7 Å². The van der Waals surface area contributed by atoms with Crippen molar-refractivity contribution in [2.75, 3.05) is 13.2 Å². The van der Waals surface area contributed by atoms with Crippen molar-refractivity contribution in [3.05, 3.63) is 33.8 Å². The van der Waals surface area contributed by atoms with Gasteiger partial charge in [-0.3, -0.25) is 0 Å². The number of rotatable bonds is 4. The van der Waals surface area contributed by atoms with Gasteiger partial charge in [-0.2, -0.15) is 13.2 Å². The Bertz CT molecular complexity index is 430. The van der Waals surface area contributed by atoms with Crippen LogP contribution < -0.4 is 5.32 Å². The summed E-state index contributed by atoms with van der Waals surface area (Å²) in [7, 11) is 0. The molecule has 0 amide bonds. The lowest BCUT2D eigenvalue weighted by atomic mass is 10.1. The Morgan fingerprint density at radius 3 is 2.79 bits per heavy atom. The molecular formula is C13H15BrF3NO.